The molecule has 20 heavy (non-hydrogen) atoms. The molecule has 2 amide bonds. The fraction of sp³-hybridized carbons (Fsp3) is 0.467. The first-order chi connectivity index (χ1) is 9.53. The van der Waals surface area contributed by atoms with E-state index in [0.717, 1.165) is 12.2 Å². The predicted octanol–water partition coefficient (Wildman–Crippen LogP) is 2.47. The lowest BCUT2D eigenvalue weighted by molar-refractivity contribution is -0.140. The number of thioether (sulfide) groups is 1. The lowest BCUT2D eigenvalue weighted by atomic mass is 9.64. The Labute approximate surface area is 121 Å². The van der Waals surface area contributed by atoms with Gasteiger partial charge in [0.15, 0.2) is 0 Å². The van der Waals surface area contributed by atoms with Crippen LogP contribution >= 0.6 is 11.8 Å². The summed E-state index contributed by atoms with van der Waals surface area (Å²) >= 11 is 1.78. The zero-order chi connectivity index (χ0) is 14.3. The van der Waals surface area contributed by atoms with E-state index in [4.69, 9.17) is 0 Å². The van der Waals surface area contributed by atoms with Gasteiger partial charge in [0, 0.05) is 17.1 Å². The van der Waals surface area contributed by atoms with Crippen molar-refractivity contribution >= 4 is 23.6 Å². The van der Waals surface area contributed by atoms with Gasteiger partial charge in [-0.1, -0.05) is 19.1 Å². The van der Waals surface area contributed by atoms with Crippen LogP contribution < -0.4 is 5.32 Å². The van der Waals surface area contributed by atoms with Gasteiger partial charge in [0.25, 0.3) is 0 Å². The smallest absolute Gasteiger partial charge is 0.234 e. The number of carbonyl (C=O) groups excluding carboxylic acids is 2. The van der Waals surface area contributed by atoms with Crippen molar-refractivity contribution in [3.63, 3.8) is 0 Å². The fourth-order valence-electron chi connectivity index (χ4n) is 3.49. The van der Waals surface area contributed by atoms with E-state index in [2.05, 4.69) is 12.2 Å². The Kier molecular flexibility index (Phi) is 3.32. The molecule has 0 bridgehead atoms. The molecule has 106 valence electrons. The third-order valence-electron chi connectivity index (χ3n) is 4.52. The summed E-state index contributed by atoms with van der Waals surface area (Å²) in [6.07, 6.45) is 1.16. The van der Waals surface area contributed by atoms with Gasteiger partial charge in [-0.3, -0.25) is 14.9 Å². The summed E-state index contributed by atoms with van der Waals surface area (Å²) in [6, 6.07) is 6.18. The topological polar surface area (TPSA) is 46.2 Å². The molecule has 5 heteroatoms. The summed E-state index contributed by atoms with van der Waals surface area (Å²) in [6.45, 7) is 2.07. The molecule has 0 radical (unpaired) electrons. The molecule has 1 aromatic rings. The van der Waals surface area contributed by atoms with Crippen molar-refractivity contribution in [3.05, 3.63) is 35.6 Å². The van der Waals surface area contributed by atoms with E-state index in [1.54, 1.807) is 23.9 Å². The molecule has 3 rings (SSSR count). The van der Waals surface area contributed by atoms with Crippen molar-refractivity contribution in [3.8, 4) is 0 Å². The van der Waals surface area contributed by atoms with Crippen LogP contribution in [0.4, 0.5) is 4.39 Å². The maximum absolute atomic E-state index is 13.5. The number of carbonyl (C=O) groups is 2. The van der Waals surface area contributed by atoms with Crippen LogP contribution in [0.5, 0.6) is 0 Å². The van der Waals surface area contributed by atoms with Crippen LogP contribution in [0.25, 0.3) is 0 Å². The molecule has 2 aliphatic rings. The second-order valence-corrected chi connectivity index (χ2v) is 7.02. The summed E-state index contributed by atoms with van der Waals surface area (Å²) in [5.74, 6) is -0.354. The Morgan fingerprint density at radius 3 is 2.85 bits per heavy atom. The normalized spacial score (nSPS) is 33.5. The van der Waals surface area contributed by atoms with Gasteiger partial charge in [0.05, 0.1) is 5.92 Å². The van der Waals surface area contributed by atoms with Crippen molar-refractivity contribution < 1.29 is 14.0 Å². The third kappa shape index (κ3) is 2.04. The number of benzene rings is 1. The van der Waals surface area contributed by atoms with Crippen molar-refractivity contribution in [2.75, 3.05) is 5.75 Å². The van der Waals surface area contributed by atoms with Crippen molar-refractivity contribution in [2.45, 2.75) is 30.9 Å². The number of hydrogen-bond acceptors (Lipinski definition) is 3. The second-order valence-electron chi connectivity index (χ2n) is 5.57. The van der Waals surface area contributed by atoms with Gasteiger partial charge in [-0.05, 0) is 29.9 Å². The molecule has 0 aliphatic carbocycles. The van der Waals surface area contributed by atoms with Crippen LogP contribution in [0, 0.1) is 11.2 Å². The standard InChI is InChI=1S/C15H16FNO2S/c1-9-15(5-6-20-9)8-12(18)17-14(19)13(15)10-3-2-4-11(16)7-10/h2-4,7,9,13H,5-6,8H2,1H3,(H,17,18,19). The molecule has 2 saturated heterocycles. The Hall–Kier alpha value is -1.36. The van der Waals surface area contributed by atoms with Gasteiger partial charge in [-0.2, -0.15) is 11.8 Å². The van der Waals surface area contributed by atoms with Crippen molar-refractivity contribution in [1.29, 1.82) is 0 Å². The van der Waals surface area contributed by atoms with Gasteiger partial charge in [-0.25, -0.2) is 4.39 Å². The third-order valence-corrected chi connectivity index (χ3v) is 5.93. The number of piperidine rings is 1. The minimum Gasteiger partial charge on any atom is -0.296 e. The lowest BCUT2D eigenvalue weighted by Crippen LogP contribution is -2.52. The average Bonchev–Trinajstić information content (AvgIpc) is 2.70. The van der Waals surface area contributed by atoms with Crippen LogP contribution in [0.1, 0.15) is 31.2 Å². The average molecular weight is 293 g/mol. The van der Waals surface area contributed by atoms with Crippen LogP contribution in [0.15, 0.2) is 24.3 Å². The van der Waals surface area contributed by atoms with Crippen LogP contribution in [-0.2, 0) is 9.59 Å². The molecule has 0 saturated carbocycles. The predicted molar refractivity (Wildman–Crippen MR) is 75.9 cm³/mol. The number of nitrogens with one attached hydrogen (secondary N) is 1. The molecule has 3 atom stereocenters. The van der Waals surface area contributed by atoms with E-state index in [0.29, 0.717) is 12.0 Å². The molecule has 1 aromatic carbocycles. The first-order valence-electron chi connectivity index (χ1n) is 6.74. The largest absolute Gasteiger partial charge is 0.296 e. The van der Waals surface area contributed by atoms with E-state index in [9.17, 15) is 14.0 Å². The summed E-state index contributed by atoms with van der Waals surface area (Å²) in [5.41, 5.74) is 0.294. The molecule has 2 heterocycles. The summed E-state index contributed by atoms with van der Waals surface area (Å²) in [7, 11) is 0. The first kappa shape index (κ1) is 13.6. The Bertz CT molecular complexity index is 577. The molecule has 1 spiro atoms. The molecular formula is C15H16FNO2S. The highest BCUT2D eigenvalue weighted by atomic mass is 32.2. The number of amides is 2. The highest BCUT2D eigenvalue weighted by Crippen LogP contribution is 2.55. The maximum Gasteiger partial charge on any atom is 0.234 e. The van der Waals surface area contributed by atoms with E-state index in [-0.39, 0.29) is 28.3 Å². The van der Waals surface area contributed by atoms with Gasteiger partial charge < -0.3 is 0 Å². The van der Waals surface area contributed by atoms with Crippen molar-refractivity contribution in [2.24, 2.45) is 5.41 Å². The van der Waals surface area contributed by atoms with E-state index in [1.807, 2.05) is 0 Å². The minimum absolute atomic E-state index is 0.211. The molecular weight excluding hydrogens is 277 g/mol. The highest BCUT2D eigenvalue weighted by molar-refractivity contribution is 8.00. The molecule has 1 N–H and O–H groups in total. The molecule has 0 aromatic heterocycles. The van der Waals surface area contributed by atoms with Gasteiger partial charge in [0.1, 0.15) is 5.82 Å². The molecule has 3 nitrogen and oxygen atoms in total. The zero-order valence-electron chi connectivity index (χ0n) is 11.2. The number of halogens is 1. The lowest BCUT2D eigenvalue weighted by Gasteiger charge is -2.42. The number of hydrogen-bond donors (Lipinski definition) is 1. The Morgan fingerprint density at radius 1 is 1.40 bits per heavy atom. The van der Waals surface area contributed by atoms with E-state index < -0.39 is 5.92 Å². The zero-order valence-corrected chi connectivity index (χ0v) is 12.0. The Balaban J connectivity index is 2.09. The maximum atomic E-state index is 13.5. The number of rotatable bonds is 1. The monoisotopic (exact) mass is 293 g/mol. The second kappa shape index (κ2) is 4.88. The van der Waals surface area contributed by atoms with E-state index >= 15 is 0 Å². The van der Waals surface area contributed by atoms with Crippen LogP contribution in [0.2, 0.25) is 0 Å². The van der Waals surface area contributed by atoms with Gasteiger partial charge in [0.2, 0.25) is 11.8 Å². The van der Waals surface area contributed by atoms with Crippen LogP contribution in [-0.4, -0.2) is 22.8 Å². The highest BCUT2D eigenvalue weighted by Gasteiger charge is 2.54. The Morgan fingerprint density at radius 2 is 2.20 bits per heavy atom. The number of imide groups is 1. The summed E-state index contributed by atoms with van der Waals surface area (Å²) < 4.78 is 13.5. The first-order valence-corrected chi connectivity index (χ1v) is 7.78. The van der Waals surface area contributed by atoms with E-state index in [1.165, 1.54) is 12.1 Å². The summed E-state index contributed by atoms with van der Waals surface area (Å²) in [5, 5.41) is 2.62. The van der Waals surface area contributed by atoms with Gasteiger partial charge in [-0.15, -0.1) is 0 Å². The minimum atomic E-state index is -0.444. The quantitative estimate of drug-likeness (QED) is 0.809. The molecule has 2 aliphatic heterocycles. The fourth-order valence-corrected chi connectivity index (χ4v) is 5.01. The summed E-state index contributed by atoms with van der Waals surface area (Å²) in [4.78, 5) is 24.2. The van der Waals surface area contributed by atoms with Crippen LogP contribution in [0.3, 0.4) is 0 Å². The van der Waals surface area contributed by atoms with Crippen molar-refractivity contribution in [1.82, 2.24) is 5.32 Å². The SMILES string of the molecule is CC1SCCC12CC(=O)NC(=O)C2c1cccc(F)c1. The molecule has 2 fully saturated rings. The molecule has 3 unspecified atom stereocenters. The van der Waals surface area contributed by atoms with Gasteiger partial charge >= 0.3 is 0 Å².